The molecule has 0 aromatic rings. The predicted octanol–water partition coefficient (Wildman–Crippen LogP) is 18.4. The lowest BCUT2D eigenvalue weighted by Gasteiger charge is -2.18. The highest BCUT2D eigenvalue weighted by Crippen LogP contribution is 2.11. The minimum absolute atomic E-state index is 0.138. The maximum Gasteiger partial charge on any atom is 0.306 e. The minimum Gasteiger partial charge on any atom is -0.462 e. The van der Waals surface area contributed by atoms with Gasteiger partial charge in [-0.25, -0.2) is 0 Å². The largest absolute Gasteiger partial charge is 0.462 e. The maximum absolute atomic E-state index is 12.8. The van der Waals surface area contributed by atoms with Crippen molar-refractivity contribution in [2.45, 2.75) is 219 Å². The van der Waals surface area contributed by atoms with Crippen molar-refractivity contribution in [3.63, 3.8) is 0 Å². The van der Waals surface area contributed by atoms with E-state index in [-0.39, 0.29) is 50.4 Å². The molecule has 69 heavy (non-hydrogen) atoms. The van der Waals surface area contributed by atoms with Crippen LogP contribution in [0.25, 0.3) is 0 Å². The van der Waals surface area contributed by atoms with Gasteiger partial charge in [0.15, 0.2) is 6.10 Å². The number of unbranched alkanes of at least 4 members (excludes halogenated alkanes) is 12. The van der Waals surface area contributed by atoms with Crippen molar-refractivity contribution in [3.8, 4) is 0 Å². The summed E-state index contributed by atoms with van der Waals surface area (Å²) in [6.07, 6.45) is 79.8. The molecule has 0 saturated carbocycles. The molecule has 0 aliphatic heterocycles. The van der Waals surface area contributed by atoms with Gasteiger partial charge in [-0.15, -0.1) is 0 Å². The first-order valence-corrected chi connectivity index (χ1v) is 27.3. The van der Waals surface area contributed by atoms with Gasteiger partial charge < -0.3 is 14.2 Å². The summed E-state index contributed by atoms with van der Waals surface area (Å²) in [6, 6.07) is 0. The van der Waals surface area contributed by atoms with Gasteiger partial charge in [0.05, 0.1) is 0 Å². The van der Waals surface area contributed by atoms with Crippen molar-refractivity contribution in [2.75, 3.05) is 13.2 Å². The van der Waals surface area contributed by atoms with Crippen LogP contribution < -0.4 is 0 Å². The fourth-order valence-electron chi connectivity index (χ4n) is 6.71. The highest BCUT2D eigenvalue weighted by Gasteiger charge is 2.19. The summed E-state index contributed by atoms with van der Waals surface area (Å²) in [5, 5.41) is 0. The van der Waals surface area contributed by atoms with E-state index < -0.39 is 6.10 Å². The van der Waals surface area contributed by atoms with Crippen LogP contribution in [0.15, 0.2) is 146 Å². The number of allylic oxidation sites excluding steroid dienone is 24. The van der Waals surface area contributed by atoms with Gasteiger partial charge in [-0.05, 0) is 135 Å². The van der Waals surface area contributed by atoms with E-state index in [0.29, 0.717) is 12.8 Å². The van der Waals surface area contributed by atoms with E-state index in [1.807, 2.05) is 12.2 Å². The van der Waals surface area contributed by atoms with E-state index in [1.165, 1.54) is 51.4 Å². The van der Waals surface area contributed by atoms with E-state index >= 15 is 0 Å². The van der Waals surface area contributed by atoms with E-state index in [1.54, 1.807) is 0 Å². The molecular weight excluding hydrogens is 853 g/mol. The third kappa shape index (κ3) is 54.1. The maximum atomic E-state index is 12.8. The van der Waals surface area contributed by atoms with Crippen LogP contribution in [0.4, 0.5) is 0 Å². The first-order chi connectivity index (χ1) is 34.0. The summed E-state index contributed by atoms with van der Waals surface area (Å²) in [4.78, 5) is 38.1. The van der Waals surface area contributed by atoms with Crippen LogP contribution >= 0.6 is 0 Å². The third-order valence-electron chi connectivity index (χ3n) is 10.8. The number of rotatable bonds is 47. The first-order valence-electron chi connectivity index (χ1n) is 27.3. The molecule has 1 atom stereocenters. The smallest absolute Gasteiger partial charge is 0.306 e. The molecule has 0 fully saturated rings. The Kier molecular flexibility index (Phi) is 52.1. The van der Waals surface area contributed by atoms with Gasteiger partial charge in [-0.2, -0.15) is 0 Å². The Morgan fingerprint density at radius 3 is 0.986 bits per heavy atom. The molecule has 0 amide bonds. The number of esters is 3. The molecule has 0 spiro atoms. The predicted molar refractivity (Wildman–Crippen MR) is 297 cm³/mol. The number of hydrogen-bond donors (Lipinski definition) is 0. The molecule has 0 aliphatic rings. The summed E-state index contributed by atoms with van der Waals surface area (Å²) in [7, 11) is 0. The summed E-state index contributed by atoms with van der Waals surface area (Å²) in [5.74, 6) is -1.09. The Morgan fingerprint density at radius 1 is 0.304 bits per heavy atom. The van der Waals surface area contributed by atoms with Crippen LogP contribution in [-0.2, 0) is 28.6 Å². The Labute approximate surface area is 423 Å². The van der Waals surface area contributed by atoms with Gasteiger partial charge in [0.25, 0.3) is 0 Å². The van der Waals surface area contributed by atoms with Gasteiger partial charge in [0, 0.05) is 19.3 Å². The molecule has 386 valence electrons. The molecule has 0 saturated heterocycles. The molecule has 6 heteroatoms. The summed E-state index contributed by atoms with van der Waals surface area (Å²) < 4.78 is 16.7. The van der Waals surface area contributed by atoms with E-state index in [2.05, 4.69) is 154 Å². The highest BCUT2D eigenvalue weighted by atomic mass is 16.6. The Balaban J connectivity index is 4.63. The van der Waals surface area contributed by atoms with Crippen LogP contribution in [0, 0.1) is 0 Å². The summed E-state index contributed by atoms with van der Waals surface area (Å²) >= 11 is 0. The van der Waals surface area contributed by atoms with Crippen LogP contribution in [0.3, 0.4) is 0 Å². The zero-order valence-electron chi connectivity index (χ0n) is 44.0. The van der Waals surface area contributed by atoms with Gasteiger partial charge in [0.2, 0.25) is 0 Å². The van der Waals surface area contributed by atoms with Crippen LogP contribution in [0.2, 0.25) is 0 Å². The molecule has 0 aromatic carbocycles. The monoisotopic (exact) mass is 951 g/mol. The molecule has 0 rings (SSSR count). The number of ether oxygens (including phenoxy) is 3. The number of carbonyl (C=O) groups is 3. The van der Waals surface area contributed by atoms with Gasteiger partial charge in [-0.3, -0.25) is 14.4 Å². The summed E-state index contributed by atoms with van der Waals surface area (Å²) in [6.45, 7) is 6.33. The molecular formula is C63H98O6. The fraction of sp³-hybridized carbons (Fsp3) is 0.571. The van der Waals surface area contributed by atoms with Crippen LogP contribution in [0.5, 0.6) is 0 Å². The minimum atomic E-state index is -0.844. The van der Waals surface area contributed by atoms with Crippen molar-refractivity contribution in [1.29, 1.82) is 0 Å². The normalized spacial score (nSPS) is 13.3. The van der Waals surface area contributed by atoms with Gasteiger partial charge in [-0.1, -0.05) is 205 Å². The standard InChI is InChI=1S/C63H98O6/c1-4-7-10-13-16-19-22-25-28-30-31-33-35-38-41-44-47-50-53-56-62(65)68-59-60(58-67-61(64)55-52-49-46-43-40-37-34-27-24-21-18-15-12-9-6-3)69-63(66)57-54-51-48-45-42-39-36-32-29-26-23-20-17-14-11-8-5-2/h9,12,16-21,25-29,31,33-34,36,38-41,43,47,50,60H,4-8,10-11,13-15,22-24,30,32,35,37,42,44-46,48-49,51-59H2,1-3H3/b12-9-,19-16-,20-17-,21-18-,28-25-,29-26-,33-31-,34-27-,39-36-,41-38-,43-40-,50-47-/t60-/m1/s1. The summed E-state index contributed by atoms with van der Waals surface area (Å²) in [5.41, 5.74) is 0. The molecule has 6 nitrogen and oxygen atoms in total. The topological polar surface area (TPSA) is 78.9 Å². The molecule has 0 aromatic heterocycles. The van der Waals surface area contributed by atoms with E-state index in [0.717, 1.165) is 109 Å². The lowest BCUT2D eigenvalue weighted by Crippen LogP contribution is -2.30. The molecule has 0 heterocycles. The van der Waals surface area contributed by atoms with Crippen molar-refractivity contribution < 1.29 is 28.6 Å². The second-order valence-electron chi connectivity index (χ2n) is 17.4. The molecule has 0 N–H and O–H groups in total. The molecule has 0 unspecified atom stereocenters. The van der Waals surface area contributed by atoms with Crippen LogP contribution in [-0.4, -0.2) is 37.2 Å². The average molecular weight is 951 g/mol. The zero-order chi connectivity index (χ0) is 50.0. The Hall–Kier alpha value is -4.71. The Morgan fingerprint density at radius 2 is 0.594 bits per heavy atom. The van der Waals surface area contributed by atoms with Crippen molar-refractivity contribution in [2.24, 2.45) is 0 Å². The second kappa shape index (κ2) is 55.9. The van der Waals surface area contributed by atoms with Crippen molar-refractivity contribution in [3.05, 3.63) is 146 Å². The lowest BCUT2D eigenvalue weighted by atomic mass is 10.1. The molecule has 0 bridgehead atoms. The molecule has 0 radical (unpaired) electrons. The number of hydrogen-bond acceptors (Lipinski definition) is 6. The van der Waals surface area contributed by atoms with Gasteiger partial charge >= 0.3 is 17.9 Å². The zero-order valence-corrected chi connectivity index (χ0v) is 44.0. The lowest BCUT2D eigenvalue weighted by molar-refractivity contribution is -0.166. The van der Waals surface area contributed by atoms with Gasteiger partial charge in [0.1, 0.15) is 13.2 Å². The fourth-order valence-corrected chi connectivity index (χ4v) is 6.71. The molecule has 0 aliphatic carbocycles. The number of carbonyl (C=O) groups excluding carboxylic acids is 3. The highest BCUT2D eigenvalue weighted by molar-refractivity contribution is 5.71. The van der Waals surface area contributed by atoms with Crippen molar-refractivity contribution >= 4 is 17.9 Å². The third-order valence-corrected chi connectivity index (χ3v) is 10.8. The Bertz CT molecular complexity index is 1560. The quantitative estimate of drug-likeness (QED) is 0.0262. The second-order valence-corrected chi connectivity index (χ2v) is 17.4. The van der Waals surface area contributed by atoms with E-state index in [4.69, 9.17) is 14.2 Å². The van der Waals surface area contributed by atoms with Crippen LogP contribution in [0.1, 0.15) is 213 Å². The SMILES string of the molecule is CC/C=C\C/C=C\C/C=C\C/C=C\CCCCC(=O)OC[C@H](COC(=O)CC/C=C\C/C=C\C/C=C\C/C=C\C/C=C\CCCCC)OC(=O)CCCCCC/C=C\C/C=C\C/C=C\CCCCC. The van der Waals surface area contributed by atoms with Crippen molar-refractivity contribution in [1.82, 2.24) is 0 Å². The average Bonchev–Trinajstić information content (AvgIpc) is 3.35. The first kappa shape index (κ1) is 64.3. The van der Waals surface area contributed by atoms with E-state index in [9.17, 15) is 14.4 Å².